The van der Waals surface area contributed by atoms with E-state index < -0.39 is 0 Å². The SMILES string of the molecule is N#Cc1ccc2c(c1)nc(N)c1ncccc12. The van der Waals surface area contributed by atoms with Gasteiger partial charge in [-0.05, 0) is 18.2 Å². The van der Waals surface area contributed by atoms with Crippen LogP contribution >= 0.6 is 0 Å². The highest BCUT2D eigenvalue weighted by Crippen LogP contribution is 2.26. The lowest BCUT2D eigenvalue weighted by molar-refractivity contribution is 1.36. The highest BCUT2D eigenvalue weighted by Gasteiger charge is 2.06. The molecule has 0 saturated heterocycles. The van der Waals surface area contributed by atoms with Gasteiger partial charge < -0.3 is 5.73 Å². The van der Waals surface area contributed by atoms with Crippen molar-refractivity contribution < 1.29 is 0 Å². The molecule has 0 aliphatic carbocycles. The maximum absolute atomic E-state index is 8.86. The number of pyridine rings is 2. The van der Waals surface area contributed by atoms with Crippen molar-refractivity contribution in [3.63, 3.8) is 0 Å². The van der Waals surface area contributed by atoms with Crippen LogP contribution in [0.4, 0.5) is 5.82 Å². The Kier molecular flexibility index (Phi) is 1.92. The summed E-state index contributed by atoms with van der Waals surface area (Å²) in [6, 6.07) is 11.3. The number of nitrogens with two attached hydrogens (primary N) is 1. The van der Waals surface area contributed by atoms with E-state index in [9.17, 15) is 0 Å². The van der Waals surface area contributed by atoms with E-state index in [0.29, 0.717) is 16.9 Å². The zero-order chi connectivity index (χ0) is 11.8. The van der Waals surface area contributed by atoms with Crippen LogP contribution in [0, 0.1) is 11.3 Å². The van der Waals surface area contributed by atoms with Crippen molar-refractivity contribution in [3.05, 3.63) is 42.1 Å². The van der Waals surface area contributed by atoms with E-state index in [1.54, 1.807) is 18.3 Å². The molecule has 4 heteroatoms. The summed E-state index contributed by atoms with van der Waals surface area (Å²) in [5, 5.41) is 10.8. The lowest BCUT2D eigenvalue weighted by Crippen LogP contribution is -1.95. The Morgan fingerprint density at radius 1 is 1.18 bits per heavy atom. The first-order valence-corrected chi connectivity index (χ1v) is 5.13. The first kappa shape index (κ1) is 9.55. The van der Waals surface area contributed by atoms with Gasteiger partial charge in [-0.25, -0.2) is 4.98 Å². The number of rotatable bonds is 0. The van der Waals surface area contributed by atoms with E-state index >= 15 is 0 Å². The summed E-state index contributed by atoms with van der Waals surface area (Å²) in [5.74, 6) is 0.392. The molecule has 2 heterocycles. The minimum atomic E-state index is 0.392. The third-order valence-corrected chi connectivity index (χ3v) is 2.71. The summed E-state index contributed by atoms with van der Waals surface area (Å²) in [6.45, 7) is 0. The van der Waals surface area contributed by atoms with E-state index in [1.165, 1.54) is 0 Å². The summed E-state index contributed by atoms with van der Waals surface area (Å²) in [7, 11) is 0. The number of nitrogens with zero attached hydrogens (tertiary/aromatic N) is 3. The van der Waals surface area contributed by atoms with Gasteiger partial charge in [0.05, 0.1) is 17.1 Å². The Morgan fingerprint density at radius 3 is 2.88 bits per heavy atom. The molecule has 0 bridgehead atoms. The third-order valence-electron chi connectivity index (χ3n) is 2.71. The largest absolute Gasteiger partial charge is 0.382 e. The molecule has 3 rings (SSSR count). The maximum Gasteiger partial charge on any atom is 0.150 e. The number of anilines is 1. The van der Waals surface area contributed by atoms with Gasteiger partial charge in [-0.1, -0.05) is 12.1 Å². The number of fused-ring (bicyclic) bond motifs is 3. The van der Waals surface area contributed by atoms with E-state index in [-0.39, 0.29) is 0 Å². The molecule has 0 atom stereocenters. The van der Waals surface area contributed by atoms with Gasteiger partial charge in [0, 0.05) is 17.0 Å². The molecule has 0 amide bonds. The molecular formula is C13H8N4. The summed E-state index contributed by atoms with van der Waals surface area (Å²) < 4.78 is 0. The monoisotopic (exact) mass is 220 g/mol. The Hall–Kier alpha value is -2.67. The molecule has 2 aromatic heterocycles. The smallest absolute Gasteiger partial charge is 0.150 e. The van der Waals surface area contributed by atoms with Crippen molar-refractivity contribution in [1.82, 2.24) is 9.97 Å². The Balaban J connectivity index is 2.53. The second kappa shape index (κ2) is 3.42. The maximum atomic E-state index is 8.86. The van der Waals surface area contributed by atoms with Crippen molar-refractivity contribution in [3.8, 4) is 6.07 Å². The molecule has 2 N–H and O–H groups in total. The molecule has 0 aliphatic heterocycles. The summed E-state index contributed by atoms with van der Waals surface area (Å²) in [6.07, 6.45) is 1.69. The van der Waals surface area contributed by atoms with Crippen LogP contribution < -0.4 is 5.73 Å². The van der Waals surface area contributed by atoms with Gasteiger partial charge in [0.25, 0.3) is 0 Å². The Bertz CT molecular complexity index is 771. The first-order chi connectivity index (χ1) is 8.29. The fourth-order valence-corrected chi connectivity index (χ4v) is 1.93. The average molecular weight is 220 g/mol. The molecule has 4 nitrogen and oxygen atoms in total. The van der Waals surface area contributed by atoms with Crippen molar-refractivity contribution >= 4 is 27.6 Å². The zero-order valence-electron chi connectivity index (χ0n) is 8.88. The molecule has 80 valence electrons. The number of aromatic nitrogens is 2. The lowest BCUT2D eigenvalue weighted by Gasteiger charge is -2.05. The van der Waals surface area contributed by atoms with Crippen molar-refractivity contribution in [1.29, 1.82) is 5.26 Å². The van der Waals surface area contributed by atoms with Gasteiger partial charge in [-0.15, -0.1) is 0 Å². The van der Waals surface area contributed by atoms with Crippen LogP contribution in [0.25, 0.3) is 21.8 Å². The molecular weight excluding hydrogens is 212 g/mol. The van der Waals surface area contributed by atoms with Crippen molar-refractivity contribution in [2.45, 2.75) is 0 Å². The van der Waals surface area contributed by atoms with Crippen LogP contribution in [0.15, 0.2) is 36.5 Å². The van der Waals surface area contributed by atoms with Gasteiger partial charge in [0.2, 0.25) is 0 Å². The highest BCUT2D eigenvalue weighted by atomic mass is 14.9. The van der Waals surface area contributed by atoms with E-state index in [1.807, 2.05) is 18.2 Å². The lowest BCUT2D eigenvalue weighted by atomic mass is 10.1. The van der Waals surface area contributed by atoms with Crippen molar-refractivity contribution in [2.75, 3.05) is 5.73 Å². The van der Waals surface area contributed by atoms with E-state index in [0.717, 1.165) is 16.3 Å². The molecule has 0 aliphatic rings. The van der Waals surface area contributed by atoms with E-state index in [2.05, 4.69) is 16.0 Å². The number of hydrogen-bond acceptors (Lipinski definition) is 4. The fourth-order valence-electron chi connectivity index (χ4n) is 1.93. The van der Waals surface area contributed by atoms with Gasteiger partial charge in [-0.3, -0.25) is 4.98 Å². The van der Waals surface area contributed by atoms with E-state index in [4.69, 9.17) is 11.0 Å². The number of hydrogen-bond donors (Lipinski definition) is 1. The quantitative estimate of drug-likeness (QED) is 0.589. The Morgan fingerprint density at radius 2 is 2.06 bits per heavy atom. The van der Waals surface area contributed by atoms with Crippen LogP contribution in [-0.4, -0.2) is 9.97 Å². The molecule has 3 aromatic rings. The first-order valence-electron chi connectivity index (χ1n) is 5.13. The second-order valence-corrected chi connectivity index (χ2v) is 3.74. The fraction of sp³-hybridized carbons (Fsp3) is 0. The van der Waals surface area contributed by atoms with Crippen LogP contribution in [-0.2, 0) is 0 Å². The van der Waals surface area contributed by atoms with Crippen LogP contribution in [0.3, 0.4) is 0 Å². The third kappa shape index (κ3) is 1.37. The normalized spacial score (nSPS) is 10.5. The molecule has 1 aromatic carbocycles. The van der Waals surface area contributed by atoms with Crippen molar-refractivity contribution in [2.24, 2.45) is 0 Å². The summed E-state index contributed by atoms with van der Waals surface area (Å²) in [5.41, 5.74) is 7.86. The topological polar surface area (TPSA) is 75.6 Å². The second-order valence-electron chi connectivity index (χ2n) is 3.74. The van der Waals surface area contributed by atoms with Gasteiger partial charge in [0.1, 0.15) is 5.52 Å². The molecule has 0 spiro atoms. The molecule has 0 unspecified atom stereocenters. The molecule has 0 saturated carbocycles. The molecule has 0 radical (unpaired) electrons. The standard InChI is InChI=1S/C13H8N4/c14-7-8-3-4-9-10-2-1-5-16-12(10)13(15)17-11(9)6-8/h1-6H,(H2,15,17). The minimum Gasteiger partial charge on any atom is -0.382 e. The summed E-state index contributed by atoms with van der Waals surface area (Å²) >= 11 is 0. The minimum absolute atomic E-state index is 0.392. The van der Waals surface area contributed by atoms with Gasteiger partial charge in [-0.2, -0.15) is 5.26 Å². The van der Waals surface area contributed by atoms with Gasteiger partial charge >= 0.3 is 0 Å². The number of nitrogen functional groups attached to an aromatic ring is 1. The Labute approximate surface area is 97.3 Å². The summed E-state index contributed by atoms with van der Waals surface area (Å²) in [4.78, 5) is 8.50. The van der Waals surface area contributed by atoms with Crippen LogP contribution in [0.1, 0.15) is 5.56 Å². The molecule has 0 fully saturated rings. The average Bonchev–Trinajstić information content (AvgIpc) is 2.38. The molecule has 17 heavy (non-hydrogen) atoms. The van der Waals surface area contributed by atoms with Gasteiger partial charge in [0.15, 0.2) is 5.82 Å². The van der Waals surface area contributed by atoms with Crippen LogP contribution in [0.5, 0.6) is 0 Å². The zero-order valence-corrected chi connectivity index (χ0v) is 8.88. The number of benzene rings is 1. The van der Waals surface area contributed by atoms with Crippen LogP contribution in [0.2, 0.25) is 0 Å². The predicted octanol–water partition coefficient (Wildman–Crippen LogP) is 2.24. The highest BCUT2D eigenvalue weighted by molar-refractivity contribution is 6.08. The number of nitriles is 1. The predicted molar refractivity (Wildman–Crippen MR) is 66.2 cm³/mol.